The Hall–Kier alpha value is -1.65. The second kappa shape index (κ2) is 7.71. The third-order valence-electron chi connectivity index (χ3n) is 3.25. The first-order valence-corrected chi connectivity index (χ1v) is 9.44. The number of carbonyl (C=O) groups excluding carboxylic acids is 1. The van der Waals surface area contributed by atoms with Gasteiger partial charge in [-0.3, -0.25) is 10.1 Å². The van der Waals surface area contributed by atoms with Gasteiger partial charge in [-0.25, -0.2) is 0 Å². The van der Waals surface area contributed by atoms with Crippen LogP contribution in [0.15, 0.2) is 28.7 Å². The lowest BCUT2D eigenvalue weighted by Crippen LogP contribution is -2.20. The molecular formula is C16H13ClIN3O3S. The zero-order valence-electron chi connectivity index (χ0n) is 13.3. The largest absolute Gasteiger partial charge is 0.484 e. The Kier molecular flexibility index (Phi) is 5.60. The summed E-state index contributed by atoms with van der Waals surface area (Å²) in [5.41, 5.74) is 1.80. The van der Waals surface area contributed by atoms with Crippen LogP contribution < -0.4 is 10.1 Å². The smallest absolute Gasteiger partial charge is 0.264 e. The Morgan fingerprint density at radius 1 is 1.36 bits per heavy atom. The molecule has 0 saturated heterocycles. The van der Waals surface area contributed by atoms with Gasteiger partial charge in [-0.15, -0.1) is 0 Å². The first-order valence-electron chi connectivity index (χ1n) is 7.21. The van der Waals surface area contributed by atoms with E-state index in [1.165, 1.54) is 0 Å². The van der Waals surface area contributed by atoms with Crippen LogP contribution in [-0.2, 0) is 4.79 Å². The molecule has 0 aliphatic carbocycles. The summed E-state index contributed by atoms with van der Waals surface area (Å²) in [7, 11) is 0. The van der Waals surface area contributed by atoms with Crippen molar-refractivity contribution in [2.24, 2.45) is 0 Å². The van der Waals surface area contributed by atoms with E-state index in [0.717, 1.165) is 26.4 Å². The fourth-order valence-electron chi connectivity index (χ4n) is 2.10. The highest BCUT2D eigenvalue weighted by atomic mass is 127. The number of ether oxygens (including phenoxy) is 1. The highest BCUT2D eigenvalue weighted by Gasteiger charge is 2.13. The normalized spacial score (nSPS) is 10.7. The molecule has 0 bridgehead atoms. The maximum Gasteiger partial charge on any atom is 0.264 e. The summed E-state index contributed by atoms with van der Waals surface area (Å²) in [6, 6.07) is 7.19. The Bertz CT molecular complexity index is 902. The fraction of sp³-hybridized carbons (Fsp3) is 0.188. The zero-order valence-corrected chi connectivity index (χ0v) is 17.0. The summed E-state index contributed by atoms with van der Waals surface area (Å²) in [4.78, 5) is 16.3. The predicted molar refractivity (Wildman–Crippen MR) is 105 cm³/mol. The van der Waals surface area contributed by atoms with E-state index in [9.17, 15) is 4.79 Å². The molecule has 1 aromatic carbocycles. The summed E-state index contributed by atoms with van der Waals surface area (Å²) < 4.78 is 15.9. The number of rotatable bonds is 5. The molecule has 9 heteroatoms. The number of amides is 1. The molecule has 25 heavy (non-hydrogen) atoms. The highest BCUT2D eigenvalue weighted by Crippen LogP contribution is 2.26. The van der Waals surface area contributed by atoms with Crippen molar-refractivity contribution in [2.45, 2.75) is 13.8 Å². The minimum atomic E-state index is -0.318. The van der Waals surface area contributed by atoms with Crippen LogP contribution in [0.25, 0.3) is 11.6 Å². The lowest BCUT2D eigenvalue weighted by Gasteiger charge is -2.09. The van der Waals surface area contributed by atoms with E-state index >= 15 is 0 Å². The van der Waals surface area contributed by atoms with Gasteiger partial charge in [-0.1, -0.05) is 11.6 Å². The molecule has 0 aliphatic rings. The predicted octanol–water partition coefficient (Wildman–Crippen LogP) is 4.69. The van der Waals surface area contributed by atoms with Gasteiger partial charge >= 0.3 is 0 Å². The molecule has 2 heterocycles. The maximum atomic E-state index is 12.0. The van der Waals surface area contributed by atoms with Crippen LogP contribution in [0.1, 0.15) is 11.1 Å². The van der Waals surface area contributed by atoms with Crippen molar-refractivity contribution in [2.75, 3.05) is 11.9 Å². The van der Waals surface area contributed by atoms with E-state index in [1.807, 2.05) is 19.9 Å². The van der Waals surface area contributed by atoms with Gasteiger partial charge < -0.3 is 9.15 Å². The zero-order chi connectivity index (χ0) is 18.0. The average molecular weight is 490 g/mol. The van der Waals surface area contributed by atoms with E-state index in [-0.39, 0.29) is 12.5 Å². The number of carbonyl (C=O) groups is 1. The van der Waals surface area contributed by atoms with Crippen molar-refractivity contribution < 1.29 is 13.9 Å². The summed E-state index contributed by atoms with van der Waals surface area (Å²) in [5.74, 6) is 1.28. The fourth-order valence-corrected chi connectivity index (χ4v) is 3.22. The molecule has 0 unspecified atom stereocenters. The number of halogens is 2. The van der Waals surface area contributed by atoms with Crippen LogP contribution in [0.5, 0.6) is 5.75 Å². The number of nitrogens with zero attached hydrogens (tertiary/aromatic N) is 2. The van der Waals surface area contributed by atoms with Gasteiger partial charge in [-0.2, -0.15) is 9.36 Å². The Morgan fingerprint density at radius 3 is 2.72 bits per heavy atom. The monoisotopic (exact) mass is 489 g/mol. The molecule has 3 aromatic rings. The van der Waals surface area contributed by atoms with Crippen LogP contribution in [0.4, 0.5) is 5.13 Å². The van der Waals surface area contributed by atoms with Crippen molar-refractivity contribution in [3.05, 3.63) is 44.2 Å². The summed E-state index contributed by atoms with van der Waals surface area (Å²) in [6.45, 7) is 3.65. The van der Waals surface area contributed by atoms with E-state index < -0.39 is 0 Å². The SMILES string of the molecule is Cc1cc(OCC(=O)Nc2nc(-c3ccc(I)o3)ns2)cc(C)c1Cl. The molecule has 0 atom stereocenters. The standard InChI is InChI=1S/C16H13ClIN3O3S/c1-8-5-10(6-9(2)14(8)17)23-7-13(22)19-16-20-15(21-25-16)11-3-4-12(18)24-11/h3-6H,7H2,1-2H3,(H,19,20,21,22). The van der Waals surface area contributed by atoms with Crippen molar-refractivity contribution in [1.29, 1.82) is 0 Å². The first kappa shape index (κ1) is 18.2. The molecule has 1 N–H and O–H groups in total. The van der Waals surface area contributed by atoms with E-state index in [4.69, 9.17) is 20.8 Å². The second-order valence-electron chi connectivity index (χ2n) is 5.23. The second-order valence-corrected chi connectivity index (χ2v) is 7.43. The summed E-state index contributed by atoms with van der Waals surface area (Å²) in [6.07, 6.45) is 0. The Morgan fingerprint density at radius 2 is 2.08 bits per heavy atom. The minimum Gasteiger partial charge on any atom is -0.484 e. The van der Waals surface area contributed by atoms with Crippen molar-refractivity contribution >= 4 is 56.8 Å². The lowest BCUT2D eigenvalue weighted by molar-refractivity contribution is -0.118. The topological polar surface area (TPSA) is 77.2 Å². The van der Waals surface area contributed by atoms with E-state index in [2.05, 4.69) is 37.3 Å². The average Bonchev–Trinajstić information content (AvgIpc) is 3.19. The van der Waals surface area contributed by atoms with Crippen LogP contribution >= 0.6 is 45.7 Å². The molecule has 130 valence electrons. The maximum absolute atomic E-state index is 12.0. The van der Waals surface area contributed by atoms with Crippen LogP contribution in [0, 0.1) is 17.6 Å². The first-order chi connectivity index (χ1) is 11.9. The van der Waals surface area contributed by atoms with Crippen molar-refractivity contribution in [1.82, 2.24) is 9.36 Å². The van der Waals surface area contributed by atoms with Gasteiger partial charge in [0.05, 0.1) is 0 Å². The highest BCUT2D eigenvalue weighted by molar-refractivity contribution is 14.1. The quantitative estimate of drug-likeness (QED) is 0.526. The molecule has 0 fully saturated rings. The van der Waals surface area contributed by atoms with Crippen LogP contribution in [0.3, 0.4) is 0 Å². The molecular weight excluding hydrogens is 477 g/mol. The number of aryl methyl sites for hydroxylation is 2. The van der Waals surface area contributed by atoms with E-state index in [1.54, 1.807) is 18.2 Å². The molecule has 0 radical (unpaired) electrons. The molecule has 6 nitrogen and oxygen atoms in total. The van der Waals surface area contributed by atoms with Crippen molar-refractivity contribution in [3.63, 3.8) is 0 Å². The van der Waals surface area contributed by atoms with Gasteiger partial charge in [0.25, 0.3) is 5.91 Å². The number of anilines is 1. The summed E-state index contributed by atoms with van der Waals surface area (Å²) in [5, 5.41) is 3.75. The van der Waals surface area contributed by atoms with Gasteiger partial charge in [0, 0.05) is 16.6 Å². The Balaban J connectivity index is 1.59. The van der Waals surface area contributed by atoms with Crippen LogP contribution in [0.2, 0.25) is 5.02 Å². The van der Waals surface area contributed by atoms with Gasteiger partial charge in [-0.05, 0) is 71.8 Å². The molecule has 0 saturated carbocycles. The number of nitrogens with one attached hydrogen (secondary N) is 1. The number of aromatic nitrogens is 2. The molecule has 1 amide bonds. The molecule has 2 aromatic heterocycles. The van der Waals surface area contributed by atoms with Gasteiger partial charge in [0.1, 0.15) is 5.75 Å². The van der Waals surface area contributed by atoms with Crippen molar-refractivity contribution in [3.8, 4) is 17.3 Å². The number of hydrogen-bond donors (Lipinski definition) is 1. The molecule has 0 aliphatic heterocycles. The summed E-state index contributed by atoms with van der Waals surface area (Å²) >= 11 is 9.26. The van der Waals surface area contributed by atoms with Gasteiger partial charge in [0.2, 0.25) is 11.0 Å². The third kappa shape index (κ3) is 4.50. The van der Waals surface area contributed by atoms with Crippen LogP contribution in [-0.4, -0.2) is 21.9 Å². The Labute approximate surface area is 166 Å². The number of furan rings is 1. The third-order valence-corrected chi connectivity index (χ3v) is 5.05. The lowest BCUT2D eigenvalue weighted by atomic mass is 10.1. The minimum absolute atomic E-state index is 0.131. The molecule has 3 rings (SSSR count). The number of benzene rings is 1. The molecule has 0 spiro atoms. The van der Waals surface area contributed by atoms with Gasteiger partial charge in [0.15, 0.2) is 16.1 Å². The van der Waals surface area contributed by atoms with E-state index in [0.29, 0.717) is 27.5 Å². The number of hydrogen-bond acceptors (Lipinski definition) is 6.